The maximum absolute atomic E-state index is 11.7. The molecule has 0 aliphatic carbocycles. The van der Waals surface area contributed by atoms with Crippen LogP contribution < -0.4 is 5.32 Å². The van der Waals surface area contributed by atoms with Crippen LogP contribution in [0, 0.1) is 0 Å². The topological polar surface area (TPSA) is 63.3 Å². The van der Waals surface area contributed by atoms with Crippen molar-refractivity contribution in [2.24, 2.45) is 7.05 Å². The highest BCUT2D eigenvalue weighted by Gasteiger charge is 2.23. The Hall–Kier alpha value is -2.86. The van der Waals surface area contributed by atoms with Gasteiger partial charge in [-0.25, -0.2) is 0 Å². The molecule has 27 heavy (non-hydrogen) atoms. The predicted molar refractivity (Wildman–Crippen MR) is 103 cm³/mol. The molecule has 0 radical (unpaired) electrons. The van der Waals surface area contributed by atoms with Crippen LogP contribution >= 0.6 is 0 Å². The summed E-state index contributed by atoms with van der Waals surface area (Å²) in [7, 11) is 3.63. The van der Waals surface area contributed by atoms with Gasteiger partial charge in [0.15, 0.2) is 5.76 Å². The van der Waals surface area contributed by atoms with Crippen LogP contribution in [0.5, 0.6) is 0 Å². The number of amides is 1. The molecule has 0 fully saturated rings. The molecule has 140 valence electrons. The van der Waals surface area contributed by atoms with Gasteiger partial charge in [0, 0.05) is 44.7 Å². The Balaban J connectivity index is 1.50. The zero-order valence-electron chi connectivity index (χ0n) is 15.7. The molecular weight excluding hydrogens is 340 g/mol. The molecule has 0 bridgehead atoms. The van der Waals surface area contributed by atoms with Gasteiger partial charge in [-0.2, -0.15) is 5.10 Å². The summed E-state index contributed by atoms with van der Waals surface area (Å²) in [5.41, 5.74) is 4.96. The Kier molecular flexibility index (Phi) is 4.81. The van der Waals surface area contributed by atoms with E-state index in [0.29, 0.717) is 12.3 Å². The van der Waals surface area contributed by atoms with E-state index in [0.717, 1.165) is 31.7 Å². The molecule has 1 aromatic carbocycles. The van der Waals surface area contributed by atoms with Gasteiger partial charge >= 0.3 is 0 Å². The SMILES string of the molecule is CNC(=O)c1ccc(CN2CCc3nn(C)c(-c4ccccc4)c3CC2)o1. The van der Waals surface area contributed by atoms with Crippen molar-refractivity contribution in [1.82, 2.24) is 20.0 Å². The summed E-state index contributed by atoms with van der Waals surface area (Å²) < 4.78 is 7.69. The van der Waals surface area contributed by atoms with Crippen LogP contribution in [0.15, 0.2) is 46.9 Å². The Morgan fingerprint density at radius 1 is 1.15 bits per heavy atom. The second kappa shape index (κ2) is 7.40. The lowest BCUT2D eigenvalue weighted by atomic mass is 10.0. The van der Waals surface area contributed by atoms with Crippen LogP contribution in [0.2, 0.25) is 0 Å². The van der Waals surface area contributed by atoms with Gasteiger partial charge in [-0.1, -0.05) is 30.3 Å². The summed E-state index contributed by atoms with van der Waals surface area (Å²) >= 11 is 0. The molecule has 0 saturated heterocycles. The zero-order chi connectivity index (χ0) is 18.8. The van der Waals surface area contributed by atoms with E-state index >= 15 is 0 Å². The standard InChI is InChI=1S/C21H24N4O2/c1-22-21(26)19-9-8-16(27-19)14-25-12-10-17-18(11-13-25)23-24(2)20(17)15-6-4-3-5-7-15/h3-9H,10-14H2,1-2H3,(H,22,26). The molecule has 0 spiro atoms. The van der Waals surface area contributed by atoms with E-state index in [4.69, 9.17) is 9.52 Å². The van der Waals surface area contributed by atoms with Crippen molar-refractivity contribution in [1.29, 1.82) is 0 Å². The van der Waals surface area contributed by atoms with Crippen LogP contribution in [0.1, 0.15) is 27.6 Å². The third-order valence-corrected chi connectivity index (χ3v) is 5.11. The van der Waals surface area contributed by atoms with Gasteiger partial charge in [-0.3, -0.25) is 14.4 Å². The van der Waals surface area contributed by atoms with E-state index in [1.54, 1.807) is 13.1 Å². The number of aryl methyl sites for hydroxylation is 1. The number of carbonyl (C=O) groups is 1. The highest BCUT2D eigenvalue weighted by atomic mass is 16.4. The molecule has 2 aromatic heterocycles. The maximum Gasteiger partial charge on any atom is 0.286 e. The van der Waals surface area contributed by atoms with Crippen molar-refractivity contribution in [2.45, 2.75) is 19.4 Å². The molecule has 4 rings (SSSR count). The lowest BCUT2D eigenvalue weighted by Crippen LogP contribution is -2.26. The number of nitrogens with zero attached hydrogens (tertiary/aromatic N) is 3. The molecular formula is C21H24N4O2. The lowest BCUT2D eigenvalue weighted by molar-refractivity contribution is 0.0932. The first kappa shape index (κ1) is 17.5. The normalized spacial score (nSPS) is 14.6. The number of rotatable bonds is 4. The number of nitrogens with one attached hydrogen (secondary N) is 1. The van der Waals surface area contributed by atoms with Gasteiger partial charge in [-0.05, 0) is 18.6 Å². The van der Waals surface area contributed by atoms with Crippen LogP contribution in [-0.2, 0) is 26.4 Å². The molecule has 3 heterocycles. The Morgan fingerprint density at radius 2 is 1.93 bits per heavy atom. The largest absolute Gasteiger partial charge is 0.455 e. The molecule has 0 unspecified atom stereocenters. The first-order chi connectivity index (χ1) is 13.2. The smallest absolute Gasteiger partial charge is 0.286 e. The molecule has 6 heteroatoms. The third-order valence-electron chi connectivity index (χ3n) is 5.11. The Bertz CT molecular complexity index is 943. The van der Waals surface area contributed by atoms with Gasteiger partial charge in [-0.15, -0.1) is 0 Å². The van der Waals surface area contributed by atoms with Crippen molar-refractivity contribution in [3.63, 3.8) is 0 Å². The zero-order valence-corrected chi connectivity index (χ0v) is 15.7. The Labute approximate surface area is 158 Å². The van der Waals surface area contributed by atoms with Crippen molar-refractivity contribution in [2.75, 3.05) is 20.1 Å². The second-order valence-electron chi connectivity index (χ2n) is 6.88. The number of hydrogen-bond donors (Lipinski definition) is 1. The molecule has 6 nitrogen and oxygen atoms in total. The van der Waals surface area contributed by atoms with Crippen molar-refractivity contribution < 1.29 is 9.21 Å². The molecule has 1 aliphatic rings. The summed E-state index contributed by atoms with van der Waals surface area (Å²) in [6, 6.07) is 14.1. The number of furan rings is 1. The number of carbonyl (C=O) groups excluding carboxylic acids is 1. The van der Waals surface area contributed by atoms with E-state index in [1.165, 1.54) is 22.5 Å². The fraction of sp³-hybridized carbons (Fsp3) is 0.333. The first-order valence-electron chi connectivity index (χ1n) is 9.29. The number of aromatic nitrogens is 2. The first-order valence-corrected chi connectivity index (χ1v) is 9.29. The van der Waals surface area contributed by atoms with Gasteiger partial charge in [0.2, 0.25) is 0 Å². The molecule has 1 N–H and O–H groups in total. The van der Waals surface area contributed by atoms with Gasteiger partial charge in [0.05, 0.1) is 17.9 Å². The number of hydrogen-bond acceptors (Lipinski definition) is 4. The minimum atomic E-state index is -0.193. The molecule has 1 aliphatic heterocycles. The van der Waals surface area contributed by atoms with Crippen LogP contribution in [0.25, 0.3) is 11.3 Å². The minimum Gasteiger partial charge on any atom is -0.455 e. The number of fused-ring (bicyclic) bond motifs is 1. The summed E-state index contributed by atoms with van der Waals surface area (Å²) in [4.78, 5) is 14.0. The fourth-order valence-electron chi connectivity index (χ4n) is 3.78. The predicted octanol–water partition coefficient (Wildman–Crippen LogP) is 2.64. The van der Waals surface area contributed by atoms with E-state index in [2.05, 4.69) is 34.5 Å². The molecule has 0 atom stereocenters. The van der Waals surface area contributed by atoms with E-state index in [-0.39, 0.29) is 5.91 Å². The van der Waals surface area contributed by atoms with Crippen LogP contribution in [0.4, 0.5) is 0 Å². The highest BCUT2D eigenvalue weighted by Crippen LogP contribution is 2.28. The average Bonchev–Trinajstić information content (AvgIpc) is 3.22. The van der Waals surface area contributed by atoms with Gasteiger partial charge in [0.1, 0.15) is 5.76 Å². The molecule has 1 amide bonds. The monoisotopic (exact) mass is 364 g/mol. The summed E-state index contributed by atoms with van der Waals surface area (Å²) in [5.74, 6) is 0.984. The lowest BCUT2D eigenvalue weighted by Gasteiger charge is -2.18. The minimum absolute atomic E-state index is 0.193. The summed E-state index contributed by atoms with van der Waals surface area (Å²) in [6.45, 7) is 2.57. The number of benzene rings is 1. The van der Waals surface area contributed by atoms with Crippen LogP contribution in [-0.4, -0.2) is 40.7 Å². The molecule has 0 saturated carbocycles. The van der Waals surface area contributed by atoms with Crippen molar-refractivity contribution in [3.05, 3.63) is 65.2 Å². The average molecular weight is 364 g/mol. The summed E-state index contributed by atoms with van der Waals surface area (Å²) in [6.07, 6.45) is 1.87. The van der Waals surface area contributed by atoms with Gasteiger partial charge in [0.25, 0.3) is 5.91 Å². The second-order valence-corrected chi connectivity index (χ2v) is 6.88. The Morgan fingerprint density at radius 3 is 2.70 bits per heavy atom. The van der Waals surface area contributed by atoms with Crippen molar-refractivity contribution >= 4 is 5.91 Å². The maximum atomic E-state index is 11.7. The molecule has 3 aromatic rings. The van der Waals surface area contributed by atoms with E-state index in [9.17, 15) is 4.79 Å². The fourth-order valence-corrected chi connectivity index (χ4v) is 3.78. The van der Waals surface area contributed by atoms with E-state index < -0.39 is 0 Å². The summed E-state index contributed by atoms with van der Waals surface area (Å²) in [5, 5.41) is 7.37. The van der Waals surface area contributed by atoms with Crippen LogP contribution in [0.3, 0.4) is 0 Å². The third kappa shape index (κ3) is 3.53. The van der Waals surface area contributed by atoms with Gasteiger partial charge < -0.3 is 9.73 Å². The quantitative estimate of drug-likeness (QED) is 0.773. The van der Waals surface area contributed by atoms with E-state index in [1.807, 2.05) is 23.9 Å². The highest BCUT2D eigenvalue weighted by molar-refractivity contribution is 5.91. The van der Waals surface area contributed by atoms with Crippen molar-refractivity contribution in [3.8, 4) is 11.3 Å².